The number of rotatable bonds is 1. The predicted octanol–water partition coefficient (Wildman–Crippen LogP) is 0.988. The Hall–Kier alpha value is -1.53. The van der Waals surface area contributed by atoms with Crippen molar-refractivity contribution in [2.45, 2.75) is 13.0 Å². The van der Waals surface area contributed by atoms with Crippen molar-refractivity contribution in [2.75, 3.05) is 6.61 Å². The minimum Gasteiger partial charge on any atom is -0.376 e. The maximum Gasteiger partial charge on any atom is 0.183 e. The van der Waals surface area contributed by atoms with Crippen LogP contribution in [0.2, 0.25) is 5.15 Å². The molecule has 82 valence electrons. The molecule has 0 aromatic carbocycles. The number of ether oxygens (including phenoxy) is 1. The van der Waals surface area contributed by atoms with Gasteiger partial charge >= 0.3 is 0 Å². The molecule has 3 heterocycles. The number of aromatic nitrogens is 5. The standard InChI is InChI=1S/C9H8ClN5O/c10-8-5-4-16-2-1-6(5)12-9(13-8)7-3-11-15-14-7/h3H,1-2,4H2,(H,11,14,15). The van der Waals surface area contributed by atoms with Gasteiger partial charge in [-0.15, -0.1) is 0 Å². The Morgan fingerprint density at radius 2 is 2.31 bits per heavy atom. The van der Waals surface area contributed by atoms with Gasteiger partial charge in [0.15, 0.2) is 5.82 Å². The number of nitrogens with zero attached hydrogens (tertiary/aromatic N) is 4. The van der Waals surface area contributed by atoms with E-state index in [0.29, 0.717) is 29.9 Å². The summed E-state index contributed by atoms with van der Waals surface area (Å²) in [6.45, 7) is 1.14. The molecule has 0 saturated heterocycles. The first-order valence-corrected chi connectivity index (χ1v) is 5.21. The van der Waals surface area contributed by atoms with E-state index in [4.69, 9.17) is 16.3 Å². The Bertz CT molecular complexity index is 513. The molecule has 3 rings (SSSR count). The smallest absolute Gasteiger partial charge is 0.183 e. The number of fused-ring (bicyclic) bond motifs is 1. The number of hydrogen-bond donors (Lipinski definition) is 1. The molecule has 0 unspecified atom stereocenters. The molecule has 1 aliphatic heterocycles. The first-order valence-electron chi connectivity index (χ1n) is 4.84. The second-order valence-electron chi connectivity index (χ2n) is 3.42. The molecule has 16 heavy (non-hydrogen) atoms. The van der Waals surface area contributed by atoms with Gasteiger partial charge in [0, 0.05) is 12.0 Å². The lowest BCUT2D eigenvalue weighted by atomic mass is 10.1. The third kappa shape index (κ3) is 1.56. The normalized spacial score (nSPS) is 14.8. The van der Waals surface area contributed by atoms with Crippen molar-refractivity contribution < 1.29 is 4.74 Å². The summed E-state index contributed by atoms with van der Waals surface area (Å²) in [6.07, 6.45) is 2.32. The summed E-state index contributed by atoms with van der Waals surface area (Å²) in [5.74, 6) is 0.499. The van der Waals surface area contributed by atoms with Crippen LogP contribution in [0.4, 0.5) is 0 Å². The van der Waals surface area contributed by atoms with Crippen molar-refractivity contribution in [3.05, 3.63) is 22.6 Å². The third-order valence-corrected chi connectivity index (χ3v) is 2.73. The van der Waals surface area contributed by atoms with Crippen LogP contribution in [0.25, 0.3) is 11.5 Å². The minimum absolute atomic E-state index is 0.433. The maximum atomic E-state index is 6.07. The topological polar surface area (TPSA) is 76.6 Å². The second kappa shape index (κ2) is 3.80. The van der Waals surface area contributed by atoms with Crippen LogP contribution in [0.1, 0.15) is 11.3 Å². The molecular weight excluding hydrogens is 230 g/mol. The number of nitrogens with one attached hydrogen (secondary N) is 1. The molecule has 0 radical (unpaired) electrons. The average molecular weight is 238 g/mol. The molecule has 0 amide bonds. The van der Waals surface area contributed by atoms with E-state index in [0.717, 1.165) is 17.7 Å². The van der Waals surface area contributed by atoms with Gasteiger partial charge in [-0.2, -0.15) is 15.4 Å². The quantitative estimate of drug-likeness (QED) is 0.749. The SMILES string of the molecule is Clc1nc(-c2cn[nH]n2)nc2c1COCC2. The fraction of sp³-hybridized carbons (Fsp3) is 0.333. The Balaban J connectivity index is 2.12. The first-order chi connectivity index (χ1) is 7.84. The molecule has 2 aromatic heterocycles. The van der Waals surface area contributed by atoms with E-state index >= 15 is 0 Å². The van der Waals surface area contributed by atoms with Crippen LogP contribution in [0.5, 0.6) is 0 Å². The van der Waals surface area contributed by atoms with Crippen molar-refractivity contribution in [3.8, 4) is 11.5 Å². The lowest BCUT2D eigenvalue weighted by molar-refractivity contribution is 0.109. The van der Waals surface area contributed by atoms with Crippen LogP contribution in [-0.4, -0.2) is 32.0 Å². The third-order valence-electron chi connectivity index (χ3n) is 2.42. The van der Waals surface area contributed by atoms with E-state index in [-0.39, 0.29) is 0 Å². The van der Waals surface area contributed by atoms with Gasteiger partial charge in [-0.25, -0.2) is 9.97 Å². The van der Waals surface area contributed by atoms with E-state index in [1.54, 1.807) is 6.20 Å². The lowest BCUT2D eigenvalue weighted by Crippen LogP contribution is -2.14. The zero-order valence-electron chi connectivity index (χ0n) is 8.27. The van der Waals surface area contributed by atoms with Gasteiger partial charge in [0.2, 0.25) is 0 Å². The highest BCUT2D eigenvalue weighted by atomic mass is 35.5. The van der Waals surface area contributed by atoms with Gasteiger partial charge in [0.1, 0.15) is 10.8 Å². The van der Waals surface area contributed by atoms with E-state index in [1.807, 2.05) is 0 Å². The molecule has 0 fully saturated rings. The molecule has 1 N–H and O–H groups in total. The highest BCUT2D eigenvalue weighted by Gasteiger charge is 2.18. The van der Waals surface area contributed by atoms with E-state index in [9.17, 15) is 0 Å². The summed E-state index contributed by atoms with van der Waals surface area (Å²) in [4.78, 5) is 8.60. The molecule has 1 aliphatic rings. The highest BCUT2D eigenvalue weighted by molar-refractivity contribution is 6.30. The zero-order valence-corrected chi connectivity index (χ0v) is 9.03. The summed E-state index contributed by atoms with van der Waals surface area (Å²) >= 11 is 6.07. The van der Waals surface area contributed by atoms with Gasteiger partial charge in [-0.1, -0.05) is 11.6 Å². The maximum absolute atomic E-state index is 6.07. The Morgan fingerprint density at radius 3 is 3.12 bits per heavy atom. The number of aromatic amines is 1. The molecule has 0 bridgehead atoms. The summed E-state index contributed by atoms with van der Waals surface area (Å²) in [5, 5.41) is 10.6. The molecule has 0 spiro atoms. The summed E-state index contributed by atoms with van der Waals surface area (Å²) in [5.41, 5.74) is 2.40. The van der Waals surface area contributed by atoms with Gasteiger partial charge in [-0.05, 0) is 0 Å². The van der Waals surface area contributed by atoms with E-state index < -0.39 is 0 Å². The van der Waals surface area contributed by atoms with Gasteiger partial charge in [0.25, 0.3) is 0 Å². The van der Waals surface area contributed by atoms with Crippen LogP contribution in [0.3, 0.4) is 0 Å². The fourth-order valence-electron chi connectivity index (χ4n) is 1.62. The predicted molar refractivity (Wildman–Crippen MR) is 55.8 cm³/mol. The van der Waals surface area contributed by atoms with Crippen LogP contribution in [0.15, 0.2) is 6.20 Å². The average Bonchev–Trinajstić information content (AvgIpc) is 2.82. The van der Waals surface area contributed by atoms with Gasteiger partial charge in [-0.3, -0.25) is 0 Å². The number of hydrogen-bond acceptors (Lipinski definition) is 5. The molecule has 2 aromatic rings. The molecule has 0 atom stereocenters. The van der Waals surface area contributed by atoms with Crippen molar-refractivity contribution >= 4 is 11.6 Å². The van der Waals surface area contributed by atoms with Crippen LogP contribution >= 0.6 is 11.6 Å². The monoisotopic (exact) mass is 237 g/mol. The zero-order chi connectivity index (χ0) is 11.0. The molecule has 6 nitrogen and oxygen atoms in total. The Morgan fingerprint density at radius 1 is 1.38 bits per heavy atom. The fourth-order valence-corrected chi connectivity index (χ4v) is 1.86. The number of halogens is 1. The van der Waals surface area contributed by atoms with Gasteiger partial charge in [0.05, 0.1) is 25.1 Å². The van der Waals surface area contributed by atoms with Crippen LogP contribution in [-0.2, 0) is 17.8 Å². The lowest BCUT2D eigenvalue weighted by Gasteiger charge is -2.16. The van der Waals surface area contributed by atoms with Crippen LogP contribution < -0.4 is 0 Å². The largest absolute Gasteiger partial charge is 0.376 e. The Labute approximate surface area is 96.0 Å². The molecule has 7 heteroatoms. The molecule has 0 saturated carbocycles. The van der Waals surface area contributed by atoms with Gasteiger partial charge < -0.3 is 4.74 Å². The van der Waals surface area contributed by atoms with E-state index in [2.05, 4.69) is 25.4 Å². The first kappa shape index (κ1) is 9.68. The second-order valence-corrected chi connectivity index (χ2v) is 3.78. The van der Waals surface area contributed by atoms with Crippen molar-refractivity contribution in [2.24, 2.45) is 0 Å². The minimum atomic E-state index is 0.433. The Kier molecular flexibility index (Phi) is 2.30. The number of H-pyrrole nitrogens is 1. The molecular formula is C9H8ClN5O. The summed E-state index contributed by atoms with van der Waals surface area (Å²) in [6, 6.07) is 0. The summed E-state index contributed by atoms with van der Waals surface area (Å²) < 4.78 is 5.31. The highest BCUT2D eigenvalue weighted by Crippen LogP contribution is 2.24. The van der Waals surface area contributed by atoms with Crippen molar-refractivity contribution in [1.82, 2.24) is 25.4 Å². The molecule has 0 aliphatic carbocycles. The van der Waals surface area contributed by atoms with Crippen molar-refractivity contribution in [3.63, 3.8) is 0 Å². The van der Waals surface area contributed by atoms with E-state index in [1.165, 1.54) is 0 Å². The van der Waals surface area contributed by atoms with Crippen molar-refractivity contribution in [1.29, 1.82) is 0 Å². The summed E-state index contributed by atoms with van der Waals surface area (Å²) in [7, 11) is 0. The van der Waals surface area contributed by atoms with Crippen LogP contribution in [0, 0.1) is 0 Å².